The third kappa shape index (κ3) is 5.39. The van der Waals surface area contributed by atoms with Crippen LogP contribution in [0.1, 0.15) is 102 Å². The first-order chi connectivity index (χ1) is 23.4. The Labute approximate surface area is 289 Å². The molecule has 2 saturated carbocycles. The van der Waals surface area contributed by atoms with Crippen molar-refractivity contribution in [3.63, 3.8) is 0 Å². The third-order valence-corrected chi connectivity index (χ3v) is 12.7. The normalized spacial score (nSPS) is 23.8. The van der Waals surface area contributed by atoms with E-state index in [1.165, 1.54) is 41.6 Å². The number of aliphatic hydroxyl groups excluding tert-OH is 1. The minimum absolute atomic E-state index is 0.153. The lowest BCUT2D eigenvalue weighted by atomic mass is 9.59. The average Bonchev–Trinajstić information content (AvgIpc) is 3.31. The maximum atomic E-state index is 15.0. The molecule has 0 aromatic heterocycles. The average molecular weight is 652 g/mol. The highest BCUT2D eigenvalue weighted by Crippen LogP contribution is 2.59. The standard InChI is InChI=1S/C42H57N3O3/c1-6-37-33(25-30-46)17-14-20-38(37)43(9-4)40(34-18-11-10-12-19-34)26-28-42(29-27-40)41(7-2,8-3)45(35-21-23-36(48-5)24-22-35)39(47)44(42)31-32-15-13-16-32/h10-12,14,17-24,32,46H,6-9,13,15-16,25-31H2,1-5H3. The zero-order chi connectivity index (χ0) is 33.9. The summed E-state index contributed by atoms with van der Waals surface area (Å²) in [6.45, 7) is 11.0. The van der Waals surface area contributed by atoms with Gasteiger partial charge in [0.25, 0.3) is 0 Å². The molecule has 3 aliphatic rings. The zero-order valence-corrected chi connectivity index (χ0v) is 30.0. The van der Waals surface area contributed by atoms with Gasteiger partial charge in [-0.2, -0.15) is 0 Å². The third-order valence-electron chi connectivity index (χ3n) is 12.7. The number of carbonyl (C=O) groups excluding carboxylic acids is 1. The van der Waals surface area contributed by atoms with Crippen molar-refractivity contribution in [1.82, 2.24) is 4.90 Å². The summed E-state index contributed by atoms with van der Waals surface area (Å²) in [7, 11) is 1.70. The smallest absolute Gasteiger partial charge is 0.325 e. The predicted octanol–water partition coefficient (Wildman–Crippen LogP) is 9.13. The Balaban J connectivity index is 1.48. The molecule has 3 fully saturated rings. The molecule has 3 aromatic rings. The molecule has 6 rings (SSSR count). The fourth-order valence-electron chi connectivity index (χ4n) is 10.1. The van der Waals surface area contributed by atoms with Crippen molar-refractivity contribution in [3.05, 3.63) is 89.5 Å². The van der Waals surface area contributed by atoms with Crippen molar-refractivity contribution in [2.45, 2.75) is 115 Å². The summed E-state index contributed by atoms with van der Waals surface area (Å²) in [6.07, 6.45) is 10.9. The molecule has 0 radical (unpaired) electrons. The molecule has 2 amide bonds. The van der Waals surface area contributed by atoms with E-state index < -0.39 is 0 Å². The number of benzene rings is 3. The summed E-state index contributed by atoms with van der Waals surface area (Å²) in [5.41, 5.74) is 5.40. The first-order valence-corrected chi connectivity index (χ1v) is 18.7. The molecular weight excluding hydrogens is 594 g/mol. The molecule has 48 heavy (non-hydrogen) atoms. The van der Waals surface area contributed by atoms with E-state index in [0.29, 0.717) is 12.3 Å². The van der Waals surface area contributed by atoms with Crippen molar-refractivity contribution in [3.8, 4) is 5.75 Å². The second-order valence-electron chi connectivity index (χ2n) is 14.4. The van der Waals surface area contributed by atoms with E-state index >= 15 is 0 Å². The molecule has 1 heterocycles. The van der Waals surface area contributed by atoms with E-state index in [1.807, 2.05) is 12.1 Å². The van der Waals surface area contributed by atoms with E-state index in [0.717, 1.165) is 69.5 Å². The van der Waals surface area contributed by atoms with Gasteiger partial charge >= 0.3 is 6.03 Å². The van der Waals surface area contributed by atoms with Crippen LogP contribution in [-0.4, -0.2) is 53.9 Å². The van der Waals surface area contributed by atoms with Gasteiger partial charge in [0, 0.05) is 31.1 Å². The van der Waals surface area contributed by atoms with Crippen LogP contribution in [-0.2, 0) is 18.4 Å². The number of amides is 2. The lowest BCUT2D eigenvalue weighted by Gasteiger charge is -2.58. The summed E-state index contributed by atoms with van der Waals surface area (Å²) in [5.74, 6) is 1.40. The van der Waals surface area contributed by atoms with Crippen LogP contribution in [0.25, 0.3) is 0 Å². The summed E-state index contributed by atoms with van der Waals surface area (Å²) >= 11 is 0. The van der Waals surface area contributed by atoms with Gasteiger partial charge in [0.05, 0.1) is 23.7 Å². The lowest BCUT2D eigenvalue weighted by molar-refractivity contribution is 0.0111. The fourth-order valence-corrected chi connectivity index (χ4v) is 10.1. The number of ether oxygens (including phenoxy) is 1. The summed E-state index contributed by atoms with van der Waals surface area (Å²) in [5, 5.41) is 9.92. The van der Waals surface area contributed by atoms with Crippen molar-refractivity contribution in [2.24, 2.45) is 5.92 Å². The molecule has 0 atom stereocenters. The van der Waals surface area contributed by atoms with E-state index in [-0.39, 0.29) is 29.3 Å². The summed E-state index contributed by atoms with van der Waals surface area (Å²) in [4.78, 5) is 22.2. The van der Waals surface area contributed by atoms with Crippen LogP contribution in [0.2, 0.25) is 0 Å². The Hall–Kier alpha value is -3.51. The Kier molecular flexibility index (Phi) is 10.1. The van der Waals surface area contributed by atoms with Crippen LogP contribution in [0.15, 0.2) is 72.8 Å². The minimum Gasteiger partial charge on any atom is -0.497 e. The molecule has 6 heteroatoms. The Morgan fingerprint density at radius 1 is 0.875 bits per heavy atom. The van der Waals surface area contributed by atoms with E-state index in [2.05, 4.69) is 103 Å². The molecule has 6 nitrogen and oxygen atoms in total. The number of carbonyl (C=O) groups is 1. The number of urea groups is 1. The van der Waals surface area contributed by atoms with Gasteiger partial charge in [-0.05, 0) is 124 Å². The molecule has 3 aromatic carbocycles. The molecule has 0 bridgehead atoms. The molecule has 1 aliphatic heterocycles. The van der Waals surface area contributed by atoms with Crippen LogP contribution in [0.5, 0.6) is 5.75 Å². The highest BCUT2D eigenvalue weighted by atomic mass is 16.5. The maximum Gasteiger partial charge on any atom is 0.325 e. The van der Waals surface area contributed by atoms with Gasteiger partial charge in [0.2, 0.25) is 0 Å². The molecule has 2 aliphatic carbocycles. The largest absolute Gasteiger partial charge is 0.497 e. The van der Waals surface area contributed by atoms with Crippen molar-refractivity contribution < 1.29 is 14.6 Å². The Morgan fingerprint density at radius 3 is 2.10 bits per heavy atom. The molecule has 1 N–H and O–H groups in total. The van der Waals surface area contributed by atoms with Gasteiger partial charge in [-0.3, -0.25) is 4.90 Å². The Bertz CT molecular complexity index is 1520. The number of aliphatic hydroxyl groups is 1. The number of anilines is 2. The summed E-state index contributed by atoms with van der Waals surface area (Å²) in [6, 6.07) is 26.1. The van der Waals surface area contributed by atoms with Crippen LogP contribution >= 0.6 is 0 Å². The topological polar surface area (TPSA) is 56.2 Å². The lowest BCUT2D eigenvalue weighted by Crippen LogP contribution is -2.66. The van der Waals surface area contributed by atoms with Crippen LogP contribution in [0.3, 0.4) is 0 Å². The molecular formula is C42H57N3O3. The quantitative estimate of drug-likeness (QED) is 0.200. The van der Waals surface area contributed by atoms with Gasteiger partial charge in [-0.25, -0.2) is 4.79 Å². The Morgan fingerprint density at radius 2 is 1.56 bits per heavy atom. The van der Waals surface area contributed by atoms with Gasteiger partial charge in [-0.15, -0.1) is 0 Å². The number of nitrogens with zero attached hydrogens (tertiary/aromatic N) is 3. The molecule has 0 unspecified atom stereocenters. The second-order valence-corrected chi connectivity index (χ2v) is 14.4. The van der Waals surface area contributed by atoms with Crippen molar-refractivity contribution in [2.75, 3.05) is 36.6 Å². The van der Waals surface area contributed by atoms with Crippen LogP contribution in [0, 0.1) is 5.92 Å². The van der Waals surface area contributed by atoms with E-state index in [4.69, 9.17) is 4.74 Å². The van der Waals surface area contributed by atoms with E-state index in [9.17, 15) is 9.90 Å². The molecule has 258 valence electrons. The predicted molar refractivity (Wildman–Crippen MR) is 197 cm³/mol. The number of hydrogen-bond donors (Lipinski definition) is 1. The highest BCUT2D eigenvalue weighted by Gasteiger charge is 2.67. The van der Waals surface area contributed by atoms with E-state index in [1.54, 1.807) is 7.11 Å². The zero-order valence-electron chi connectivity index (χ0n) is 30.0. The first-order valence-electron chi connectivity index (χ1n) is 18.7. The van der Waals surface area contributed by atoms with Crippen LogP contribution < -0.4 is 14.5 Å². The van der Waals surface area contributed by atoms with Gasteiger partial charge < -0.3 is 19.6 Å². The van der Waals surface area contributed by atoms with Gasteiger partial charge in [-0.1, -0.05) is 69.7 Å². The van der Waals surface area contributed by atoms with Gasteiger partial charge in [0.1, 0.15) is 5.75 Å². The molecule has 1 spiro atoms. The van der Waals surface area contributed by atoms with Crippen LogP contribution in [0.4, 0.5) is 16.2 Å². The van der Waals surface area contributed by atoms with Crippen molar-refractivity contribution >= 4 is 17.4 Å². The monoisotopic (exact) mass is 651 g/mol. The highest BCUT2D eigenvalue weighted by molar-refractivity contribution is 5.98. The second kappa shape index (κ2) is 14.2. The SMILES string of the molecule is CCc1c(CCO)cccc1N(CC)C1(c2ccccc2)CCC2(CC1)N(CC1CCC1)C(=O)N(c1ccc(OC)cc1)C2(CC)CC. The van der Waals surface area contributed by atoms with Gasteiger partial charge in [0.15, 0.2) is 0 Å². The number of rotatable bonds is 13. The maximum absolute atomic E-state index is 15.0. The summed E-state index contributed by atoms with van der Waals surface area (Å²) < 4.78 is 5.51. The number of hydrogen-bond acceptors (Lipinski definition) is 4. The number of methoxy groups -OCH3 is 1. The molecule has 1 saturated heterocycles. The first kappa shape index (κ1) is 34.4. The minimum atomic E-state index is -0.321. The fraction of sp³-hybridized carbons (Fsp3) is 0.548. The van der Waals surface area contributed by atoms with Crippen molar-refractivity contribution in [1.29, 1.82) is 0 Å².